The minimum atomic E-state index is -0.700. The van der Waals surface area contributed by atoms with Crippen molar-refractivity contribution in [2.24, 2.45) is 17.3 Å². The zero-order chi connectivity index (χ0) is 27.2. The van der Waals surface area contributed by atoms with Crippen LogP contribution in [0.15, 0.2) is 0 Å². The maximum absolute atomic E-state index is 13.9. The Balaban J connectivity index is 1.61. The number of nitrogens with zero attached hydrogens (tertiary/aromatic N) is 2. The van der Waals surface area contributed by atoms with Crippen LogP contribution in [-0.2, 0) is 22.4 Å². The maximum atomic E-state index is 13.9. The van der Waals surface area contributed by atoms with Crippen molar-refractivity contribution < 1.29 is 19.1 Å². The second kappa shape index (κ2) is 13.2. The van der Waals surface area contributed by atoms with E-state index in [0.29, 0.717) is 18.8 Å². The lowest BCUT2D eigenvalue weighted by Gasteiger charge is -2.39. The van der Waals surface area contributed by atoms with Crippen LogP contribution in [0.1, 0.15) is 124 Å². The van der Waals surface area contributed by atoms with Crippen molar-refractivity contribution in [3.63, 3.8) is 0 Å². The predicted molar refractivity (Wildman–Crippen MR) is 148 cm³/mol. The summed E-state index contributed by atoms with van der Waals surface area (Å²) < 4.78 is 7.37. The van der Waals surface area contributed by atoms with Gasteiger partial charge in [0.15, 0.2) is 5.78 Å². The lowest BCUT2D eigenvalue weighted by molar-refractivity contribution is -0.144. The quantitative estimate of drug-likeness (QED) is 0.225. The highest BCUT2D eigenvalue weighted by Crippen LogP contribution is 2.40. The summed E-state index contributed by atoms with van der Waals surface area (Å²) in [4.78, 5) is 42.0. The van der Waals surface area contributed by atoms with Gasteiger partial charge in [0.25, 0.3) is 0 Å². The number of carbonyl (C=O) groups is 3. The molecule has 1 aromatic rings. The smallest absolute Gasteiger partial charge is 0.305 e. The molecule has 2 heterocycles. The molecule has 0 unspecified atom stereocenters. The van der Waals surface area contributed by atoms with Gasteiger partial charge in [-0.15, -0.1) is 0 Å². The van der Waals surface area contributed by atoms with Gasteiger partial charge >= 0.3 is 5.97 Å². The van der Waals surface area contributed by atoms with Crippen molar-refractivity contribution in [1.29, 1.82) is 0 Å². The van der Waals surface area contributed by atoms with Crippen LogP contribution >= 0.6 is 0 Å². The number of likely N-dealkylation sites (tertiary alicyclic amines) is 1. The van der Waals surface area contributed by atoms with E-state index >= 15 is 0 Å². The van der Waals surface area contributed by atoms with Crippen molar-refractivity contribution in [3.8, 4) is 0 Å². The Hall–Kier alpha value is -1.95. The van der Waals surface area contributed by atoms with E-state index in [-0.39, 0.29) is 30.2 Å². The fraction of sp³-hybridized carbons (Fsp3) is 0.774. The van der Waals surface area contributed by atoms with Crippen LogP contribution in [0.4, 0.5) is 0 Å². The molecule has 1 fully saturated rings. The van der Waals surface area contributed by atoms with Gasteiger partial charge in [-0.1, -0.05) is 66.2 Å². The lowest BCUT2D eigenvalue weighted by Crippen LogP contribution is -2.46. The molecule has 1 aliphatic heterocycles. The van der Waals surface area contributed by atoms with Crippen LogP contribution in [-0.4, -0.2) is 53.9 Å². The van der Waals surface area contributed by atoms with E-state index < -0.39 is 5.41 Å². The van der Waals surface area contributed by atoms with Crippen LogP contribution in [0.2, 0.25) is 0 Å². The fourth-order valence-corrected chi connectivity index (χ4v) is 6.26. The molecule has 2 atom stereocenters. The Morgan fingerprint density at radius 1 is 1.05 bits per heavy atom. The van der Waals surface area contributed by atoms with Gasteiger partial charge in [-0.2, -0.15) is 0 Å². The van der Waals surface area contributed by atoms with Gasteiger partial charge in [-0.05, 0) is 64.1 Å². The number of piperidine rings is 1. The molecular weight excluding hydrogens is 464 g/mol. The van der Waals surface area contributed by atoms with Gasteiger partial charge in [0, 0.05) is 41.2 Å². The monoisotopic (exact) mass is 514 g/mol. The summed E-state index contributed by atoms with van der Waals surface area (Å²) >= 11 is 0. The number of esters is 1. The van der Waals surface area contributed by atoms with Crippen LogP contribution in [0.25, 0.3) is 0 Å². The Kier molecular flexibility index (Phi) is 10.6. The normalized spacial score (nSPS) is 20.0. The molecule has 1 aliphatic carbocycles. The predicted octanol–water partition coefficient (Wildman–Crippen LogP) is 6.41. The Morgan fingerprint density at radius 3 is 2.41 bits per heavy atom. The standard InChI is InChI=1S/C31H50N2O4/c1-7-9-10-11-12-13-14-15-27(34)37-19-17-31(4,5)30(36)33-22(3)24(8-2)28-26(33)20-23-16-18-32(6)21-25(23)29(28)35/h23,25H,7-21H2,1-6H3/t23-,25+/m1/s1. The van der Waals surface area contributed by atoms with Gasteiger partial charge in [0.05, 0.1) is 6.61 Å². The Morgan fingerprint density at radius 2 is 1.73 bits per heavy atom. The highest BCUT2D eigenvalue weighted by molar-refractivity contribution is 6.04. The third kappa shape index (κ3) is 6.93. The zero-order valence-corrected chi connectivity index (χ0v) is 24.3. The first-order chi connectivity index (χ1) is 17.6. The van der Waals surface area contributed by atoms with Crippen LogP contribution < -0.4 is 0 Å². The van der Waals surface area contributed by atoms with Gasteiger partial charge in [0.1, 0.15) is 0 Å². The number of hydrogen-bond acceptors (Lipinski definition) is 5. The van der Waals surface area contributed by atoms with Crippen molar-refractivity contribution in [1.82, 2.24) is 9.47 Å². The molecular formula is C31H50N2O4. The van der Waals surface area contributed by atoms with E-state index in [1.807, 2.05) is 25.3 Å². The average Bonchev–Trinajstić information content (AvgIpc) is 3.14. The van der Waals surface area contributed by atoms with Crippen molar-refractivity contribution >= 4 is 17.7 Å². The van der Waals surface area contributed by atoms with E-state index in [9.17, 15) is 14.4 Å². The first kappa shape index (κ1) is 29.6. The first-order valence-electron chi connectivity index (χ1n) is 14.8. The maximum Gasteiger partial charge on any atom is 0.305 e. The molecule has 3 rings (SSSR count). The molecule has 6 nitrogen and oxygen atoms in total. The van der Waals surface area contributed by atoms with E-state index in [0.717, 1.165) is 67.7 Å². The molecule has 37 heavy (non-hydrogen) atoms. The number of Topliss-reactive ketones (excluding diaryl/α,β-unsaturated/α-hetero) is 1. The second-order valence-electron chi connectivity index (χ2n) is 12.1. The Bertz CT molecular complexity index is 961. The van der Waals surface area contributed by atoms with Crippen molar-refractivity contribution in [2.75, 3.05) is 26.7 Å². The van der Waals surface area contributed by atoms with Crippen molar-refractivity contribution in [3.05, 3.63) is 22.5 Å². The molecule has 0 saturated carbocycles. The largest absolute Gasteiger partial charge is 0.466 e. The van der Waals surface area contributed by atoms with Crippen LogP contribution in [0.3, 0.4) is 0 Å². The third-order valence-electron chi connectivity index (χ3n) is 8.74. The van der Waals surface area contributed by atoms with E-state index in [1.165, 1.54) is 32.1 Å². The van der Waals surface area contributed by atoms with E-state index in [2.05, 4.69) is 25.8 Å². The summed E-state index contributed by atoms with van der Waals surface area (Å²) in [5.74, 6) is 0.395. The van der Waals surface area contributed by atoms with Gasteiger partial charge < -0.3 is 9.64 Å². The number of ketones is 1. The molecule has 1 aromatic heterocycles. The summed E-state index contributed by atoms with van der Waals surface area (Å²) in [5, 5.41) is 0. The summed E-state index contributed by atoms with van der Waals surface area (Å²) in [5.41, 5.74) is 2.95. The van der Waals surface area contributed by atoms with E-state index in [4.69, 9.17) is 4.74 Å². The number of fused-ring (bicyclic) bond motifs is 2. The Labute approximate surface area is 224 Å². The first-order valence-corrected chi connectivity index (χ1v) is 14.8. The van der Waals surface area contributed by atoms with Crippen molar-refractivity contribution in [2.45, 2.75) is 112 Å². The topological polar surface area (TPSA) is 68.6 Å². The zero-order valence-electron chi connectivity index (χ0n) is 24.3. The fourth-order valence-electron chi connectivity index (χ4n) is 6.26. The number of unbranched alkanes of at least 4 members (excludes halogenated alkanes) is 6. The number of carbonyl (C=O) groups excluding carboxylic acids is 3. The number of aromatic nitrogens is 1. The molecule has 2 aliphatic rings. The summed E-state index contributed by atoms with van der Waals surface area (Å²) in [7, 11) is 2.09. The molecule has 208 valence electrons. The minimum Gasteiger partial charge on any atom is -0.466 e. The molecule has 6 heteroatoms. The molecule has 1 saturated heterocycles. The number of rotatable bonds is 13. The van der Waals surface area contributed by atoms with Gasteiger partial charge in [-0.3, -0.25) is 19.0 Å². The van der Waals surface area contributed by atoms with Gasteiger partial charge in [0.2, 0.25) is 5.91 Å². The summed E-state index contributed by atoms with van der Waals surface area (Å²) in [6, 6.07) is 0. The molecule has 0 radical (unpaired) electrons. The van der Waals surface area contributed by atoms with Gasteiger partial charge in [-0.25, -0.2) is 0 Å². The SMILES string of the molecule is CCCCCCCCCC(=O)OCCC(C)(C)C(=O)n1c(C)c(CC)c2c1C[C@H]1CCN(C)C[C@@H]1C2=O. The third-order valence-corrected chi connectivity index (χ3v) is 8.74. The number of hydrogen-bond donors (Lipinski definition) is 0. The van der Waals surface area contributed by atoms with Crippen LogP contribution in [0.5, 0.6) is 0 Å². The number of ether oxygens (including phenoxy) is 1. The molecule has 0 aromatic carbocycles. The molecule has 0 bridgehead atoms. The minimum absolute atomic E-state index is 0.00301. The summed E-state index contributed by atoms with van der Waals surface area (Å²) in [6.07, 6.45) is 11.6. The molecule has 0 N–H and O–H groups in total. The summed E-state index contributed by atoms with van der Waals surface area (Å²) in [6.45, 7) is 12.2. The average molecular weight is 515 g/mol. The highest BCUT2D eigenvalue weighted by atomic mass is 16.5. The highest BCUT2D eigenvalue weighted by Gasteiger charge is 2.44. The van der Waals surface area contributed by atoms with E-state index in [1.54, 1.807) is 0 Å². The molecule has 0 amide bonds. The van der Waals surface area contributed by atoms with Crippen LogP contribution in [0, 0.1) is 24.2 Å². The lowest BCUT2D eigenvalue weighted by atomic mass is 9.72. The molecule has 0 spiro atoms. The second-order valence-corrected chi connectivity index (χ2v) is 12.1.